The molecule has 6 heteroatoms. The third-order valence-electron chi connectivity index (χ3n) is 2.67. The molecule has 2 N–H and O–H groups in total. The first-order chi connectivity index (χ1) is 8.67. The van der Waals surface area contributed by atoms with Gasteiger partial charge in [-0.15, -0.1) is 0 Å². The predicted molar refractivity (Wildman–Crippen MR) is 67.9 cm³/mol. The van der Waals surface area contributed by atoms with Crippen molar-refractivity contribution in [2.24, 2.45) is 0 Å². The Hall–Kier alpha value is -2.08. The smallest absolute Gasteiger partial charge is 0.271 e. The molecule has 2 amide bonds. The van der Waals surface area contributed by atoms with Gasteiger partial charge in [0.25, 0.3) is 5.91 Å². The lowest BCUT2D eigenvalue weighted by atomic mass is 10.2. The van der Waals surface area contributed by atoms with Crippen molar-refractivity contribution in [2.75, 3.05) is 37.5 Å². The second kappa shape index (κ2) is 5.05. The molecule has 0 aliphatic carbocycles. The van der Waals surface area contributed by atoms with E-state index in [1.807, 2.05) is 6.07 Å². The lowest BCUT2D eigenvalue weighted by Gasteiger charge is -2.28. The summed E-state index contributed by atoms with van der Waals surface area (Å²) in [4.78, 5) is 24.9. The van der Waals surface area contributed by atoms with Crippen LogP contribution in [0.3, 0.4) is 0 Å². The third-order valence-corrected chi connectivity index (χ3v) is 2.67. The lowest BCUT2D eigenvalue weighted by molar-refractivity contribution is -0.128. The largest absolute Gasteiger partial charge is 0.482 e. The van der Waals surface area contributed by atoms with Crippen LogP contribution < -0.4 is 20.3 Å². The normalized spacial score (nSPS) is 13.9. The minimum atomic E-state index is -0.351. The van der Waals surface area contributed by atoms with Crippen LogP contribution in [0, 0.1) is 0 Å². The van der Waals surface area contributed by atoms with Crippen molar-refractivity contribution < 1.29 is 14.3 Å². The van der Waals surface area contributed by atoms with Gasteiger partial charge in [-0.3, -0.25) is 9.59 Å². The number of imide groups is 1. The number of nitrogens with one attached hydrogen (secondary N) is 2. The van der Waals surface area contributed by atoms with Gasteiger partial charge in [0.2, 0.25) is 5.91 Å². The number of rotatable bonds is 3. The summed E-state index contributed by atoms with van der Waals surface area (Å²) < 4.78 is 5.30. The number of carbonyl (C=O) groups is 2. The minimum Gasteiger partial charge on any atom is -0.482 e. The molecule has 0 saturated carbocycles. The average molecular weight is 249 g/mol. The number of carbonyl (C=O) groups excluding carboxylic acids is 2. The maximum absolute atomic E-state index is 11.9. The second-order valence-corrected chi connectivity index (χ2v) is 3.87. The van der Waals surface area contributed by atoms with E-state index in [1.54, 1.807) is 26.2 Å². The molecule has 0 fully saturated rings. The molecule has 1 heterocycles. The molecule has 18 heavy (non-hydrogen) atoms. The summed E-state index contributed by atoms with van der Waals surface area (Å²) in [5.74, 6) is -0.102. The summed E-state index contributed by atoms with van der Waals surface area (Å²) in [6, 6.07) is 5.29. The molecule has 1 aliphatic heterocycles. The van der Waals surface area contributed by atoms with E-state index in [0.717, 1.165) is 10.6 Å². The van der Waals surface area contributed by atoms with Crippen LogP contribution in [0.15, 0.2) is 18.2 Å². The van der Waals surface area contributed by atoms with Gasteiger partial charge in [-0.1, -0.05) is 0 Å². The molecule has 1 aliphatic rings. The van der Waals surface area contributed by atoms with Crippen LogP contribution in [0.2, 0.25) is 0 Å². The van der Waals surface area contributed by atoms with Crippen LogP contribution in [0.25, 0.3) is 0 Å². The van der Waals surface area contributed by atoms with Gasteiger partial charge in [0.05, 0.1) is 12.2 Å². The number of ether oxygens (including phenoxy) is 1. The van der Waals surface area contributed by atoms with Crippen LogP contribution in [0.1, 0.15) is 0 Å². The Labute approximate surface area is 105 Å². The molecule has 96 valence electrons. The first kappa shape index (κ1) is 12.4. The SMILES string of the molecule is CNCC(=O)N1C(=O)COc2ccc(NC)cc21. The zero-order valence-electron chi connectivity index (χ0n) is 10.3. The summed E-state index contributed by atoms with van der Waals surface area (Å²) in [7, 11) is 3.43. The molecule has 0 saturated heterocycles. The zero-order valence-corrected chi connectivity index (χ0v) is 10.3. The van der Waals surface area contributed by atoms with Crippen LogP contribution in [0.4, 0.5) is 11.4 Å². The van der Waals surface area contributed by atoms with Crippen molar-refractivity contribution in [1.29, 1.82) is 0 Å². The quantitative estimate of drug-likeness (QED) is 0.800. The van der Waals surface area contributed by atoms with E-state index in [0.29, 0.717) is 11.4 Å². The van der Waals surface area contributed by atoms with Gasteiger partial charge in [-0.2, -0.15) is 0 Å². The van der Waals surface area contributed by atoms with E-state index < -0.39 is 0 Å². The molecular weight excluding hydrogens is 234 g/mol. The number of nitrogens with zero attached hydrogens (tertiary/aromatic N) is 1. The van der Waals surface area contributed by atoms with E-state index in [9.17, 15) is 9.59 Å². The predicted octanol–water partition coefficient (Wildman–Crippen LogP) is 0.200. The Morgan fingerprint density at radius 3 is 2.89 bits per heavy atom. The highest BCUT2D eigenvalue weighted by molar-refractivity contribution is 6.18. The maximum Gasteiger partial charge on any atom is 0.271 e. The van der Waals surface area contributed by atoms with Gasteiger partial charge < -0.3 is 15.4 Å². The van der Waals surface area contributed by atoms with Crippen molar-refractivity contribution in [3.8, 4) is 5.75 Å². The third kappa shape index (κ3) is 2.14. The molecule has 1 aromatic carbocycles. The highest BCUT2D eigenvalue weighted by Crippen LogP contribution is 2.34. The highest BCUT2D eigenvalue weighted by Gasteiger charge is 2.30. The van der Waals surface area contributed by atoms with Crippen molar-refractivity contribution in [3.63, 3.8) is 0 Å². The molecule has 6 nitrogen and oxygen atoms in total. The van der Waals surface area contributed by atoms with Crippen LogP contribution in [0.5, 0.6) is 5.75 Å². The molecule has 0 aromatic heterocycles. The topological polar surface area (TPSA) is 70.7 Å². The number of anilines is 2. The van der Waals surface area contributed by atoms with Gasteiger partial charge in [-0.25, -0.2) is 4.90 Å². The summed E-state index contributed by atoms with van der Waals surface area (Å²) in [5, 5.41) is 5.71. The molecule has 1 aromatic rings. The first-order valence-corrected chi connectivity index (χ1v) is 5.62. The number of amides is 2. The fraction of sp³-hybridized carbons (Fsp3) is 0.333. The standard InChI is InChI=1S/C12H15N3O3/c1-13-6-11(16)15-9-5-8(14-2)3-4-10(9)18-7-12(15)17/h3-5,13-14H,6-7H2,1-2H3. The molecular formula is C12H15N3O3. The van der Waals surface area contributed by atoms with Gasteiger partial charge >= 0.3 is 0 Å². The molecule has 0 radical (unpaired) electrons. The Balaban J connectivity index is 2.42. The monoisotopic (exact) mass is 249 g/mol. The maximum atomic E-state index is 11.9. The van der Waals surface area contributed by atoms with E-state index in [1.165, 1.54) is 0 Å². The number of likely N-dealkylation sites (N-methyl/N-ethyl adjacent to an activating group) is 1. The van der Waals surface area contributed by atoms with Gasteiger partial charge in [0.1, 0.15) is 5.75 Å². The van der Waals surface area contributed by atoms with Gasteiger partial charge in [0.15, 0.2) is 6.61 Å². The first-order valence-electron chi connectivity index (χ1n) is 5.62. The van der Waals surface area contributed by atoms with Crippen molar-refractivity contribution in [1.82, 2.24) is 5.32 Å². The Bertz CT molecular complexity index is 487. The number of benzene rings is 1. The number of hydrogen-bond donors (Lipinski definition) is 2. The van der Waals surface area contributed by atoms with E-state index >= 15 is 0 Å². The van der Waals surface area contributed by atoms with Crippen LogP contribution in [-0.2, 0) is 9.59 Å². The second-order valence-electron chi connectivity index (χ2n) is 3.87. The van der Waals surface area contributed by atoms with Crippen LogP contribution in [-0.4, -0.2) is 39.1 Å². The summed E-state index contributed by atoms with van der Waals surface area (Å²) in [6.07, 6.45) is 0. The fourth-order valence-electron chi connectivity index (χ4n) is 1.81. The lowest BCUT2D eigenvalue weighted by Crippen LogP contribution is -2.46. The molecule has 0 spiro atoms. The molecule has 0 bridgehead atoms. The fourth-order valence-corrected chi connectivity index (χ4v) is 1.81. The summed E-state index contributed by atoms with van der Waals surface area (Å²) in [6.45, 7) is -0.00366. The Morgan fingerprint density at radius 2 is 2.22 bits per heavy atom. The Kier molecular flexibility index (Phi) is 3.47. The number of hydrogen-bond acceptors (Lipinski definition) is 5. The molecule has 0 unspecified atom stereocenters. The van der Waals surface area contributed by atoms with Crippen molar-refractivity contribution in [3.05, 3.63) is 18.2 Å². The molecule has 2 rings (SSSR count). The van der Waals surface area contributed by atoms with E-state index in [-0.39, 0.29) is 25.0 Å². The van der Waals surface area contributed by atoms with Crippen LogP contribution >= 0.6 is 0 Å². The summed E-state index contributed by atoms with van der Waals surface area (Å²) in [5.41, 5.74) is 1.30. The Morgan fingerprint density at radius 1 is 1.44 bits per heavy atom. The van der Waals surface area contributed by atoms with E-state index in [4.69, 9.17) is 4.74 Å². The average Bonchev–Trinajstić information content (AvgIpc) is 2.38. The zero-order chi connectivity index (χ0) is 13.1. The van der Waals surface area contributed by atoms with E-state index in [2.05, 4.69) is 10.6 Å². The van der Waals surface area contributed by atoms with Crippen molar-refractivity contribution in [2.45, 2.75) is 0 Å². The van der Waals surface area contributed by atoms with Gasteiger partial charge in [-0.05, 0) is 25.2 Å². The highest BCUT2D eigenvalue weighted by atomic mass is 16.5. The molecule has 0 atom stereocenters. The number of fused-ring (bicyclic) bond motifs is 1. The summed E-state index contributed by atoms with van der Waals surface area (Å²) >= 11 is 0. The minimum absolute atomic E-state index is 0.106. The van der Waals surface area contributed by atoms with Crippen molar-refractivity contribution >= 4 is 23.2 Å². The van der Waals surface area contributed by atoms with Gasteiger partial charge in [0, 0.05) is 12.7 Å².